The topological polar surface area (TPSA) is 79.6 Å². The van der Waals surface area contributed by atoms with E-state index in [9.17, 15) is 18.8 Å². The Labute approximate surface area is 135 Å². The third kappa shape index (κ3) is 2.87. The maximum Gasteiger partial charge on any atom is 0.336 e. The van der Waals surface area contributed by atoms with Gasteiger partial charge in [-0.2, -0.15) is 0 Å². The number of hydrogen-bond acceptors (Lipinski definition) is 4. The maximum absolute atomic E-state index is 13.9. The fraction of sp³-hybridized carbons (Fsp3) is 0. The predicted molar refractivity (Wildman–Crippen MR) is 83.2 cm³/mol. The van der Waals surface area contributed by atoms with E-state index in [1.165, 1.54) is 42.7 Å². The molecule has 0 bridgehead atoms. The summed E-state index contributed by atoms with van der Waals surface area (Å²) in [6.07, 6.45) is 5.68. The molecule has 7 heteroatoms. The number of amides is 4. The highest BCUT2D eigenvalue weighted by Gasteiger charge is 2.37. The van der Waals surface area contributed by atoms with Gasteiger partial charge in [-0.25, -0.2) is 14.1 Å². The normalized spacial score (nSPS) is 17.0. The second kappa shape index (κ2) is 6.33. The van der Waals surface area contributed by atoms with Gasteiger partial charge in [0.15, 0.2) is 0 Å². The quantitative estimate of drug-likeness (QED) is 0.694. The number of para-hydroxylation sites is 1. The number of carbonyl (C=O) groups is 3. The number of nitrogens with zero attached hydrogens (tertiary/aromatic N) is 1. The Morgan fingerprint density at radius 3 is 2.58 bits per heavy atom. The van der Waals surface area contributed by atoms with E-state index in [1.54, 1.807) is 12.1 Å². The molecule has 6 nitrogen and oxygen atoms in total. The van der Waals surface area contributed by atoms with Crippen LogP contribution >= 0.6 is 0 Å². The van der Waals surface area contributed by atoms with E-state index >= 15 is 0 Å². The van der Waals surface area contributed by atoms with Gasteiger partial charge >= 0.3 is 6.03 Å². The first-order chi connectivity index (χ1) is 11.6. The van der Waals surface area contributed by atoms with Crippen LogP contribution in [0.1, 0.15) is 5.76 Å². The molecule has 1 aliphatic rings. The lowest BCUT2D eigenvalue weighted by Crippen LogP contribution is -2.54. The zero-order valence-corrected chi connectivity index (χ0v) is 12.2. The summed E-state index contributed by atoms with van der Waals surface area (Å²) in [5.74, 6) is -1.97. The first-order valence-corrected chi connectivity index (χ1v) is 6.94. The van der Waals surface area contributed by atoms with Crippen molar-refractivity contribution in [2.75, 3.05) is 4.90 Å². The van der Waals surface area contributed by atoms with E-state index in [0.717, 1.165) is 6.07 Å². The Hall–Kier alpha value is -3.48. The van der Waals surface area contributed by atoms with Gasteiger partial charge in [0.2, 0.25) is 0 Å². The summed E-state index contributed by atoms with van der Waals surface area (Å²) in [4.78, 5) is 36.8. The maximum atomic E-state index is 13.9. The summed E-state index contributed by atoms with van der Waals surface area (Å²) in [7, 11) is 0. The van der Waals surface area contributed by atoms with Crippen molar-refractivity contribution in [2.45, 2.75) is 0 Å². The number of nitrogens with one attached hydrogen (secondary N) is 1. The van der Waals surface area contributed by atoms with Crippen molar-refractivity contribution in [3.05, 3.63) is 72.0 Å². The zero-order chi connectivity index (χ0) is 17.1. The van der Waals surface area contributed by atoms with Gasteiger partial charge in [-0.05, 0) is 36.4 Å². The average Bonchev–Trinajstić information content (AvgIpc) is 3.05. The molecule has 0 unspecified atom stereocenters. The summed E-state index contributed by atoms with van der Waals surface area (Å²) >= 11 is 0. The van der Waals surface area contributed by atoms with Gasteiger partial charge in [0.1, 0.15) is 17.2 Å². The number of carbonyl (C=O) groups excluding carboxylic acids is 3. The van der Waals surface area contributed by atoms with Crippen molar-refractivity contribution in [3.63, 3.8) is 0 Å². The van der Waals surface area contributed by atoms with Crippen molar-refractivity contribution >= 4 is 29.6 Å². The number of allylic oxidation sites excluding steroid dienone is 2. The highest BCUT2D eigenvalue weighted by Crippen LogP contribution is 2.23. The smallest absolute Gasteiger partial charge is 0.336 e. The van der Waals surface area contributed by atoms with Crippen molar-refractivity contribution < 1.29 is 23.2 Å². The minimum atomic E-state index is -0.998. The Kier molecular flexibility index (Phi) is 4.07. The second-order valence-corrected chi connectivity index (χ2v) is 4.81. The molecule has 1 N–H and O–H groups in total. The van der Waals surface area contributed by atoms with Crippen LogP contribution in [0.5, 0.6) is 0 Å². The number of halogens is 1. The van der Waals surface area contributed by atoms with Crippen LogP contribution in [0.15, 0.2) is 64.8 Å². The number of furan rings is 1. The first kappa shape index (κ1) is 15.4. The third-order valence-electron chi connectivity index (χ3n) is 3.26. The van der Waals surface area contributed by atoms with E-state index < -0.39 is 23.7 Å². The molecule has 0 aliphatic carbocycles. The Balaban J connectivity index is 1.93. The van der Waals surface area contributed by atoms with E-state index in [0.29, 0.717) is 10.7 Å². The SMILES string of the molecule is O=C1NC(=O)N(c2ccccc2F)C(=O)C1=CC=Cc1ccco1. The van der Waals surface area contributed by atoms with Crippen LogP contribution in [0, 0.1) is 5.82 Å². The van der Waals surface area contributed by atoms with Gasteiger partial charge < -0.3 is 4.42 Å². The predicted octanol–water partition coefficient (Wildman–Crippen LogP) is 2.64. The first-order valence-electron chi connectivity index (χ1n) is 6.94. The van der Waals surface area contributed by atoms with Gasteiger partial charge in [-0.15, -0.1) is 0 Å². The van der Waals surface area contributed by atoms with E-state index in [-0.39, 0.29) is 11.3 Å². The van der Waals surface area contributed by atoms with Gasteiger partial charge in [-0.1, -0.05) is 18.2 Å². The van der Waals surface area contributed by atoms with Gasteiger partial charge in [0, 0.05) is 0 Å². The molecule has 1 saturated heterocycles. The van der Waals surface area contributed by atoms with Crippen LogP contribution in [0.2, 0.25) is 0 Å². The number of hydrogen-bond donors (Lipinski definition) is 1. The zero-order valence-electron chi connectivity index (χ0n) is 12.2. The standard InChI is InChI=1S/C17H11FN2O4/c18-13-8-1-2-9-14(13)20-16(22)12(15(21)19-17(20)23)7-3-5-11-6-4-10-24-11/h1-10H,(H,19,21,23). The van der Waals surface area contributed by atoms with Crippen LogP contribution in [0.4, 0.5) is 14.9 Å². The van der Waals surface area contributed by atoms with Crippen LogP contribution in [-0.2, 0) is 9.59 Å². The number of urea groups is 1. The Morgan fingerprint density at radius 1 is 1.08 bits per heavy atom. The summed E-state index contributed by atoms with van der Waals surface area (Å²) in [6.45, 7) is 0. The summed E-state index contributed by atoms with van der Waals surface area (Å²) in [5, 5.41) is 2.01. The molecule has 0 spiro atoms. The molecule has 0 saturated carbocycles. The molecule has 1 aliphatic heterocycles. The van der Waals surface area contributed by atoms with Crippen molar-refractivity contribution in [1.29, 1.82) is 0 Å². The molecular formula is C17H11FN2O4. The molecular weight excluding hydrogens is 315 g/mol. The average molecular weight is 326 g/mol. The molecule has 3 rings (SSSR count). The molecule has 1 aromatic carbocycles. The fourth-order valence-corrected chi connectivity index (χ4v) is 2.15. The fourth-order valence-electron chi connectivity index (χ4n) is 2.15. The highest BCUT2D eigenvalue weighted by atomic mass is 19.1. The molecule has 24 heavy (non-hydrogen) atoms. The monoisotopic (exact) mass is 326 g/mol. The second-order valence-electron chi connectivity index (χ2n) is 4.81. The molecule has 2 heterocycles. The molecule has 2 aromatic rings. The number of anilines is 1. The van der Waals surface area contributed by atoms with Crippen LogP contribution in [0.3, 0.4) is 0 Å². The molecule has 0 atom stereocenters. The largest absolute Gasteiger partial charge is 0.465 e. The number of imide groups is 2. The third-order valence-corrected chi connectivity index (χ3v) is 3.26. The lowest BCUT2D eigenvalue weighted by molar-refractivity contribution is -0.122. The van der Waals surface area contributed by atoms with Crippen LogP contribution in [0.25, 0.3) is 6.08 Å². The van der Waals surface area contributed by atoms with E-state index in [4.69, 9.17) is 4.42 Å². The molecule has 4 amide bonds. The van der Waals surface area contributed by atoms with E-state index in [1.807, 2.05) is 5.32 Å². The lowest BCUT2D eigenvalue weighted by Gasteiger charge is -2.26. The van der Waals surface area contributed by atoms with Gasteiger partial charge in [0.25, 0.3) is 11.8 Å². The minimum absolute atomic E-state index is 0.228. The minimum Gasteiger partial charge on any atom is -0.465 e. The summed E-state index contributed by atoms with van der Waals surface area (Å²) in [6, 6.07) is 7.68. The number of benzene rings is 1. The van der Waals surface area contributed by atoms with Crippen molar-refractivity contribution in [2.24, 2.45) is 0 Å². The summed E-state index contributed by atoms with van der Waals surface area (Å²) < 4.78 is 19.0. The molecule has 0 radical (unpaired) electrons. The van der Waals surface area contributed by atoms with Crippen LogP contribution in [-0.4, -0.2) is 17.8 Å². The number of rotatable bonds is 3. The Morgan fingerprint density at radius 2 is 1.88 bits per heavy atom. The highest BCUT2D eigenvalue weighted by molar-refractivity contribution is 6.37. The van der Waals surface area contributed by atoms with Crippen molar-refractivity contribution in [3.8, 4) is 0 Å². The van der Waals surface area contributed by atoms with Crippen molar-refractivity contribution in [1.82, 2.24) is 5.32 Å². The summed E-state index contributed by atoms with van der Waals surface area (Å²) in [5.41, 5.74) is -0.519. The lowest BCUT2D eigenvalue weighted by atomic mass is 10.1. The van der Waals surface area contributed by atoms with Gasteiger partial charge in [-0.3, -0.25) is 14.9 Å². The Bertz CT molecular complexity index is 868. The van der Waals surface area contributed by atoms with Gasteiger partial charge in [0.05, 0.1) is 12.0 Å². The number of barbiturate groups is 1. The molecule has 1 fully saturated rings. The van der Waals surface area contributed by atoms with E-state index in [2.05, 4.69) is 0 Å². The molecule has 120 valence electrons. The van der Waals surface area contributed by atoms with Crippen LogP contribution < -0.4 is 10.2 Å². The molecule has 1 aromatic heterocycles.